The maximum Gasteiger partial charge on any atom is 0.279 e. The average Bonchev–Trinajstić information content (AvgIpc) is 2.40. The van der Waals surface area contributed by atoms with E-state index in [1.54, 1.807) is 12.1 Å². The number of rotatable bonds is 7. The van der Waals surface area contributed by atoms with Crippen LogP contribution in [0.15, 0.2) is 24.3 Å². The van der Waals surface area contributed by atoms with Gasteiger partial charge in [-0.05, 0) is 62.1 Å². The van der Waals surface area contributed by atoms with E-state index in [2.05, 4.69) is 15.9 Å². The highest BCUT2D eigenvalue weighted by Crippen LogP contribution is 2.42. The van der Waals surface area contributed by atoms with Crippen molar-refractivity contribution in [3.8, 4) is 0 Å². The largest absolute Gasteiger partial charge is 0.332 e. The lowest BCUT2D eigenvalue weighted by atomic mass is 10.3. The molecule has 3 N–H and O–H groups in total. The topological polar surface area (TPSA) is 54.5 Å². The molecule has 0 aromatic heterocycles. The van der Waals surface area contributed by atoms with Gasteiger partial charge in [-0.2, -0.15) is 5.20 Å². The van der Waals surface area contributed by atoms with Gasteiger partial charge in [-0.25, -0.2) is 0 Å². The summed E-state index contributed by atoms with van der Waals surface area (Å²) in [5.74, 6) is 0. The van der Waals surface area contributed by atoms with Crippen molar-refractivity contribution in [3.63, 3.8) is 0 Å². The first kappa shape index (κ1) is 17.8. The third-order valence-electron chi connectivity index (χ3n) is 2.01. The summed E-state index contributed by atoms with van der Waals surface area (Å²) in [7, 11) is 0. The summed E-state index contributed by atoms with van der Waals surface area (Å²) in [6, 6.07) is 7.17. The SMILES string of the molecule is CCOP(=S)(NNC(=S)Nc1ccc(Cl)cc1)OCC. The minimum atomic E-state index is -2.56. The average molecular weight is 354 g/mol. The van der Waals surface area contributed by atoms with Crippen molar-refractivity contribution in [2.45, 2.75) is 13.8 Å². The summed E-state index contributed by atoms with van der Waals surface area (Å²) in [5.41, 5.74) is 3.60. The lowest BCUT2D eigenvalue weighted by Gasteiger charge is -2.23. The maximum atomic E-state index is 5.81. The van der Waals surface area contributed by atoms with E-state index in [0.29, 0.717) is 23.3 Å². The molecule has 0 amide bonds. The molecule has 0 heterocycles. The molecule has 0 fully saturated rings. The first-order valence-corrected chi connectivity index (χ1v) is 9.40. The van der Waals surface area contributed by atoms with E-state index in [1.165, 1.54) is 0 Å². The lowest BCUT2D eigenvalue weighted by molar-refractivity contribution is 0.256. The number of nitrogens with one attached hydrogen (secondary N) is 3. The Kier molecular flexibility index (Phi) is 7.91. The molecule has 0 bridgehead atoms. The molecular weight excluding hydrogens is 337 g/mol. The first-order chi connectivity index (χ1) is 9.49. The van der Waals surface area contributed by atoms with Crippen LogP contribution in [0, 0.1) is 0 Å². The molecule has 0 atom stereocenters. The second kappa shape index (κ2) is 8.89. The van der Waals surface area contributed by atoms with Crippen LogP contribution in [-0.4, -0.2) is 18.3 Å². The predicted molar refractivity (Wildman–Crippen MR) is 91.5 cm³/mol. The smallest absolute Gasteiger partial charge is 0.279 e. The fourth-order valence-corrected chi connectivity index (χ4v) is 3.53. The van der Waals surface area contributed by atoms with Gasteiger partial charge in [0.2, 0.25) is 0 Å². The molecular formula is C11H17ClN3O2PS2. The summed E-state index contributed by atoms with van der Waals surface area (Å²) >= 11 is 16.2. The van der Waals surface area contributed by atoms with E-state index in [1.807, 2.05) is 26.0 Å². The maximum absolute atomic E-state index is 5.81. The van der Waals surface area contributed by atoms with Crippen LogP contribution >= 0.6 is 30.5 Å². The lowest BCUT2D eigenvalue weighted by Crippen LogP contribution is -2.38. The minimum Gasteiger partial charge on any atom is -0.332 e. The quantitative estimate of drug-likeness (QED) is 0.394. The molecule has 0 radical (unpaired) electrons. The van der Waals surface area contributed by atoms with E-state index >= 15 is 0 Å². The molecule has 0 unspecified atom stereocenters. The summed E-state index contributed by atoms with van der Waals surface area (Å²) < 4.78 is 10.8. The number of hydrogen-bond acceptors (Lipinski definition) is 4. The number of benzene rings is 1. The normalized spacial score (nSPS) is 11.2. The Balaban J connectivity index is 2.49. The summed E-state index contributed by atoms with van der Waals surface area (Å²) in [6.07, 6.45) is 0. The zero-order valence-electron chi connectivity index (χ0n) is 11.2. The molecule has 1 rings (SSSR count). The van der Waals surface area contributed by atoms with Gasteiger partial charge in [0.1, 0.15) is 0 Å². The molecule has 0 aliphatic heterocycles. The minimum absolute atomic E-state index is 0.362. The Labute approximate surface area is 134 Å². The third-order valence-corrected chi connectivity index (χ3v) is 4.95. The van der Waals surface area contributed by atoms with Crippen LogP contribution in [0.3, 0.4) is 0 Å². The first-order valence-electron chi connectivity index (χ1n) is 5.98. The van der Waals surface area contributed by atoms with E-state index in [9.17, 15) is 0 Å². The van der Waals surface area contributed by atoms with Gasteiger partial charge in [-0.1, -0.05) is 11.6 Å². The fourth-order valence-electron chi connectivity index (χ4n) is 1.26. The highest BCUT2D eigenvalue weighted by Gasteiger charge is 2.17. The summed E-state index contributed by atoms with van der Waals surface area (Å²) in [6.45, 7) is 2.07. The van der Waals surface area contributed by atoms with Crippen molar-refractivity contribution in [3.05, 3.63) is 29.3 Å². The molecule has 1 aromatic carbocycles. The van der Waals surface area contributed by atoms with Crippen LogP contribution < -0.4 is 15.9 Å². The predicted octanol–water partition coefficient (Wildman–Crippen LogP) is 3.43. The highest BCUT2D eigenvalue weighted by molar-refractivity contribution is 8.08. The summed E-state index contributed by atoms with van der Waals surface area (Å²) in [4.78, 5) is 0. The van der Waals surface area contributed by atoms with E-state index in [-0.39, 0.29) is 0 Å². The fraction of sp³-hybridized carbons (Fsp3) is 0.364. The van der Waals surface area contributed by atoms with Crippen LogP contribution in [0.1, 0.15) is 13.8 Å². The number of hydrazine groups is 1. The van der Waals surface area contributed by atoms with E-state index < -0.39 is 6.64 Å². The van der Waals surface area contributed by atoms with Crippen molar-refractivity contribution in [1.82, 2.24) is 10.6 Å². The Morgan fingerprint density at radius 3 is 2.25 bits per heavy atom. The third kappa shape index (κ3) is 6.45. The van der Waals surface area contributed by atoms with Gasteiger partial charge < -0.3 is 14.4 Å². The van der Waals surface area contributed by atoms with E-state index in [4.69, 9.17) is 44.7 Å². The van der Waals surface area contributed by atoms with Crippen molar-refractivity contribution >= 4 is 53.1 Å². The van der Waals surface area contributed by atoms with Gasteiger partial charge in [0.25, 0.3) is 6.64 Å². The molecule has 20 heavy (non-hydrogen) atoms. The second-order valence-electron chi connectivity index (χ2n) is 3.53. The van der Waals surface area contributed by atoms with Crippen molar-refractivity contribution in [1.29, 1.82) is 0 Å². The number of halogens is 1. The number of thiocarbonyl (C=S) groups is 1. The Bertz CT molecular complexity index is 477. The summed E-state index contributed by atoms with van der Waals surface area (Å²) in [5, 5.41) is 6.84. The zero-order valence-corrected chi connectivity index (χ0v) is 14.5. The molecule has 0 spiro atoms. The monoisotopic (exact) mass is 353 g/mol. The van der Waals surface area contributed by atoms with Gasteiger partial charge in [-0.15, -0.1) is 0 Å². The van der Waals surface area contributed by atoms with Crippen LogP contribution in [0.4, 0.5) is 5.69 Å². The molecule has 0 saturated heterocycles. The molecule has 5 nitrogen and oxygen atoms in total. The molecule has 1 aromatic rings. The van der Waals surface area contributed by atoms with Crippen LogP contribution in [0.25, 0.3) is 0 Å². The van der Waals surface area contributed by atoms with Crippen molar-refractivity contribution in [2.75, 3.05) is 18.5 Å². The standard InChI is InChI=1S/C11H17ClN3O2PS2/c1-3-16-18(20,17-4-2)15-14-11(19)13-10-7-5-9(12)6-8-10/h5-8H,3-4H2,1-2H3,(H,15,20)(H2,13,14,19). The van der Waals surface area contributed by atoms with Crippen molar-refractivity contribution in [2.24, 2.45) is 0 Å². The Morgan fingerprint density at radius 1 is 1.20 bits per heavy atom. The highest BCUT2D eigenvalue weighted by atomic mass is 35.5. The Morgan fingerprint density at radius 2 is 1.75 bits per heavy atom. The van der Waals surface area contributed by atoms with Crippen molar-refractivity contribution < 1.29 is 9.05 Å². The van der Waals surface area contributed by atoms with Gasteiger partial charge in [0.05, 0.1) is 13.2 Å². The Hall–Kier alpha value is -0.270. The molecule has 9 heteroatoms. The molecule has 112 valence electrons. The van der Waals surface area contributed by atoms with Crippen LogP contribution in [-0.2, 0) is 20.9 Å². The van der Waals surface area contributed by atoms with Gasteiger partial charge in [0.15, 0.2) is 5.11 Å². The second-order valence-corrected chi connectivity index (χ2v) is 7.55. The van der Waals surface area contributed by atoms with Gasteiger partial charge >= 0.3 is 0 Å². The van der Waals surface area contributed by atoms with Gasteiger partial charge in [-0.3, -0.25) is 5.43 Å². The van der Waals surface area contributed by atoms with E-state index in [0.717, 1.165) is 5.69 Å². The molecule has 0 aliphatic rings. The van der Waals surface area contributed by atoms with Gasteiger partial charge in [0, 0.05) is 10.7 Å². The number of anilines is 1. The van der Waals surface area contributed by atoms with Crippen LogP contribution in [0.2, 0.25) is 5.02 Å². The van der Waals surface area contributed by atoms with Crippen LogP contribution in [0.5, 0.6) is 0 Å². The molecule has 0 saturated carbocycles. The molecule has 0 aliphatic carbocycles. The zero-order chi connectivity index (χ0) is 15.0. The number of hydrogen-bond donors (Lipinski definition) is 3.